The molecule has 130 valence electrons. The van der Waals surface area contributed by atoms with Gasteiger partial charge < -0.3 is 5.11 Å². The summed E-state index contributed by atoms with van der Waals surface area (Å²) in [6.07, 6.45) is 1.45. The summed E-state index contributed by atoms with van der Waals surface area (Å²) in [4.78, 5) is 12.8. The van der Waals surface area contributed by atoms with Gasteiger partial charge in [-0.15, -0.1) is 0 Å². The molecule has 2 N–H and O–H groups in total. The normalized spacial score (nSPS) is 11.0. The minimum Gasteiger partial charge on any atom is -0.507 e. The van der Waals surface area contributed by atoms with Crippen molar-refractivity contribution in [2.75, 3.05) is 0 Å². The Bertz CT molecular complexity index is 866. The van der Waals surface area contributed by atoms with Crippen molar-refractivity contribution in [1.82, 2.24) is 5.43 Å². The van der Waals surface area contributed by atoms with Gasteiger partial charge in [-0.3, -0.25) is 4.79 Å². The van der Waals surface area contributed by atoms with E-state index in [1.165, 1.54) is 6.21 Å². The molecule has 0 aliphatic heterocycles. The summed E-state index contributed by atoms with van der Waals surface area (Å²) in [7, 11) is 0. The highest BCUT2D eigenvalue weighted by atomic mass is 16.3. The Morgan fingerprint density at radius 2 is 1.54 bits per heavy atom. The lowest BCUT2D eigenvalue weighted by molar-refractivity contribution is -0.121. The molecule has 0 bridgehead atoms. The van der Waals surface area contributed by atoms with Gasteiger partial charge in [-0.2, -0.15) is 5.10 Å². The number of carbonyl (C=O) groups is 1. The number of nitrogens with one attached hydrogen (secondary N) is 1. The Labute approximate surface area is 152 Å². The minimum absolute atomic E-state index is 0.122. The van der Waals surface area contributed by atoms with E-state index >= 15 is 0 Å². The number of nitrogens with zero attached hydrogens (tertiary/aromatic N) is 1. The Kier molecular flexibility index (Phi) is 5.44. The van der Waals surface area contributed by atoms with Crippen molar-refractivity contribution in [3.63, 3.8) is 0 Å². The molecular weight excluding hydrogens is 324 g/mol. The standard InChI is InChI=1S/C22H20N2O2/c1-16-12-13-20(25)19(14-16)15-23-24-22(26)21(17-8-4-2-5-9-17)18-10-6-3-7-11-18/h2-15,21,25H,1H3,(H,24,26)/b23-15+. The lowest BCUT2D eigenvalue weighted by Gasteiger charge is -2.16. The van der Waals surface area contributed by atoms with Gasteiger partial charge in [0.1, 0.15) is 5.75 Å². The van der Waals surface area contributed by atoms with Gasteiger partial charge in [-0.1, -0.05) is 72.3 Å². The van der Waals surface area contributed by atoms with Crippen molar-refractivity contribution < 1.29 is 9.90 Å². The fraction of sp³-hybridized carbons (Fsp3) is 0.0909. The highest BCUT2D eigenvalue weighted by Crippen LogP contribution is 2.24. The quantitative estimate of drug-likeness (QED) is 0.543. The summed E-state index contributed by atoms with van der Waals surface area (Å²) in [6.45, 7) is 1.93. The summed E-state index contributed by atoms with van der Waals surface area (Å²) < 4.78 is 0. The topological polar surface area (TPSA) is 61.7 Å². The number of benzene rings is 3. The third kappa shape index (κ3) is 4.16. The maximum atomic E-state index is 12.8. The second-order valence-electron chi connectivity index (χ2n) is 6.05. The fourth-order valence-corrected chi connectivity index (χ4v) is 2.79. The van der Waals surface area contributed by atoms with E-state index in [0.717, 1.165) is 16.7 Å². The summed E-state index contributed by atoms with van der Waals surface area (Å²) >= 11 is 0. The van der Waals surface area contributed by atoms with E-state index < -0.39 is 5.92 Å². The maximum Gasteiger partial charge on any atom is 0.252 e. The molecule has 0 saturated carbocycles. The number of rotatable bonds is 5. The molecule has 0 fully saturated rings. The molecule has 3 rings (SSSR count). The number of aromatic hydroxyl groups is 1. The van der Waals surface area contributed by atoms with Gasteiger partial charge in [0.2, 0.25) is 0 Å². The van der Waals surface area contributed by atoms with Gasteiger partial charge in [-0.05, 0) is 30.2 Å². The molecular formula is C22H20N2O2. The molecule has 0 heterocycles. The third-order valence-corrected chi connectivity index (χ3v) is 4.09. The van der Waals surface area contributed by atoms with E-state index in [1.54, 1.807) is 12.1 Å². The summed E-state index contributed by atoms with van der Waals surface area (Å²) in [6, 6.07) is 24.4. The van der Waals surface area contributed by atoms with Crippen molar-refractivity contribution >= 4 is 12.1 Å². The molecule has 0 aliphatic carbocycles. The van der Waals surface area contributed by atoms with Gasteiger partial charge in [0, 0.05) is 5.56 Å². The molecule has 1 amide bonds. The van der Waals surface area contributed by atoms with E-state index in [4.69, 9.17) is 0 Å². The monoisotopic (exact) mass is 344 g/mol. The Hall–Kier alpha value is -3.40. The van der Waals surface area contributed by atoms with E-state index in [2.05, 4.69) is 10.5 Å². The first-order valence-corrected chi connectivity index (χ1v) is 8.37. The predicted octanol–water partition coefficient (Wildman–Crippen LogP) is 3.98. The smallest absolute Gasteiger partial charge is 0.252 e. The molecule has 4 heteroatoms. The van der Waals surface area contributed by atoms with Gasteiger partial charge >= 0.3 is 0 Å². The predicted molar refractivity (Wildman–Crippen MR) is 103 cm³/mol. The van der Waals surface area contributed by atoms with Crippen LogP contribution in [0.4, 0.5) is 0 Å². The number of hydrogen-bond donors (Lipinski definition) is 2. The van der Waals surface area contributed by atoms with E-state index in [1.807, 2.05) is 73.7 Å². The largest absolute Gasteiger partial charge is 0.507 e. The summed E-state index contributed by atoms with van der Waals surface area (Å²) in [5.74, 6) is -0.567. The van der Waals surface area contributed by atoms with Crippen LogP contribution in [0.25, 0.3) is 0 Å². The zero-order valence-electron chi connectivity index (χ0n) is 14.5. The summed E-state index contributed by atoms with van der Waals surface area (Å²) in [5, 5.41) is 13.9. The Morgan fingerprint density at radius 1 is 0.962 bits per heavy atom. The van der Waals surface area contributed by atoms with Crippen LogP contribution in [0.15, 0.2) is 84.0 Å². The van der Waals surface area contributed by atoms with Gasteiger partial charge in [0.15, 0.2) is 0 Å². The van der Waals surface area contributed by atoms with Crippen LogP contribution in [0, 0.1) is 6.92 Å². The van der Waals surface area contributed by atoms with Crippen LogP contribution in [0.1, 0.15) is 28.2 Å². The highest BCUT2D eigenvalue weighted by molar-refractivity contribution is 5.89. The lowest BCUT2D eigenvalue weighted by Crippen LogP contribution is -2.26. The van der Waals surface area contributed by atoms with Crippen LogP contribution in [-0.4, -0.2) is 17.2 Å². The molecule has 0 aliphatic rings. The van der Waals surface area contributed by atoms with Gasteiger partial charge in [-0.25, -0.2) is 5.43 Å². The molecule has 3 aromatic carbocycles. The number of carbonyl (C=O) groups excluding carboxylic acids is 1. The fourth-order valence-electron chi connectivity index (χ4n) is 2.79. The third-order valence-electron chi connectivity index (χ3n) is 4.09. The number of amides is 1. The van der Waals surface area contributed by atoms with Gasteiger partial charge in [0.25, 0.3) is 5.91 Å². The zero-order chi connectivity index (χ0) is 18.4. The second-order valence-corrected chi connectivity index (χ2v) is 6.05. The van der Waals surface area contributed by atoms with E-state index in [0.29, 0.717) is 5.56 Å². The van der Waals surface area contributed by atoms with Crippen LogP contribution in [-0.2, 0) is 4.79 Å². The Morgan fingerprint density at radius 3 is 2.12 bits per heavy atom. The minimum atomic E-state index is -0.458. The summed E-state index contributed by atoms with van der Waals surface area (Å²) in [5.41, 5.74) is 5.94. The van der Waals surface area contributed by atoms with Crippen LogP contribution in [0.3, 0.4) is 0 Å². The highest BCUT2D eigenvalue weighted by Gasteiger charge is 2.22. The molecule has 26 heavy (non-hydrogen) atoms. The first-order valence-electron chi connectivity index (χ1n) is 8.37. The van der Waals surface area contributed by atoms with Crippen LogP contribution in [0.2, 0.25) is 0 Å². The van der Waals surface area contributed by atoms with Crippen molar-refractivity contribution in [2.24, 2.45) is 5.10 Å². The van der Waals surface area contributed by atoms with Crippen molar-refractivity contribution in [3.8, 4) is 5.75 Å². The molecule has 0 aromatic heterocycles. The van der Waals surface area contributed by atoms with Crippen LogP contribution in [0.5, 0.6) is 5.75 Å². The van der Waals surface area contributed by atoms with Crippen molar-refractivity contribution in [3.05, 3.63) is 101 Å². The average Bonchev–Trinajstić information content (AvgIpc) is 2.66. The lowest BCUT2D eigenvalue weighted by atomic mass is 9.91. The van der Waals surface area contributed by atoms with Crippen molar-refractivity contribution in [2.45, 2.75) is 12.8 Å². The zero-order valence-corrected chi connectivity index (χ0v) is 14.5. The average molecular weight is 344 g/mol. The molecule has 0 radical (unpaired) electrons. The number of aryl methyl sites for hydroxylation is 1. The van der Waals surface area contributed by atoms with Crippen LogP contribution < -0.4 is 5.43 Å². The number of phenols is 1. The molecule has 0 saturated heterocycles. The first kappa shape index (κ1) is 17.4. The van der Waals surface area contributed by atoms with E-state index in [9.17, 15) is 9.90 Å². The molecule has 4 nitrogen and oxygen atoms in total. The number of phenolic OH excluding ortho intramolecular Hbond substituents is 1. The second kappa shape index (κ2) is 8.12. The number of hydrazone groups is 1. The molecule has 3 aromatic rings. The van der Waals surface area contributed by atoms with E-state index in [-0.39, 0.29) is 11.7 Å². The molecule has 0 spiro atoms. The maximum absolute atomic E-state index is 12.8. The SMILES string of the molecule is Cc1ccc(O)c(/C=N/NC(=O)C(c2ccccc2)c2ccccc2)c1. The van der Waals surface area contributed by atoms with Gasteiger partial charge in [0.05, 0.1) is 12.1 Å². The molecule has 0 atom stereocenters. The Balaban J connectivity index is 1.82. The molecule has 0 unspecified atom stereocenters. The van der Waals surface area contributed by atoms with Crippen molar-refractivity contribution in [1.29, 1.82) is 0 Å². The first-order chi connectivity index (χ1) is 12.6. The number of hydrogen-bond acceptors (Lipinski definition) is 3. The van der Waals surface area contributed by atoms with Crippen LogP contribution >= 0.6 is 0 Å².